The van der Waals surface area contributed by atoms with Crippen molar-refractivity contribution in [2.45, 2.75) is 77.5 Å². The van der Waals surface area contributed by atoms with Crippen LogP contribution in [0.4, 0.5) is 0 Å². The molecule has 1 heterocycles. The topological polar surface area (TPSA) is 26.7 Å². The van der Waals surface area contributed by atoms with E-state index in [0.29, 0.717) is 6.04 Å². The maximum atomic E-state index is 10.7. The van der Waals surface area contributed by atoms with E-state index < -0.39 is 0 Å². The van der Waals surface area contributed by atoms with E-state index in [9.17, 15) is 5.21 Å². The van der Waals surface area contributed by atoms with E-state index in [1.54, 1.807) is 5.06 Å². The van der Waals surface area contributed by atoms with Crippen LogP contribution >= 0.6 is 0 Å². The minimum absolute atomic E-state index is 0.0826. The molecule has 0 aromatic carbocycles. The van der Waals surface area contributed by atoms with E-state index in [1.165, 1.54) is 0 Å². The van der Waals surface area contributed by atoms with Gasteiger partial charge in [0.05, 0.1) is 11.2 Å². The number of hydrogen-bond acceptors (Lipinski definition) is 3. The Morgan fingerprint density at radius 1 is 1.00 bits per heavy atom. The van der Waals surface area contributed by atoms with Crippen molar-refractivity contribution in [1.29, 1.82) is 0 Å². The summed E-state index contributed by atoms with van der Waals surface area (Å²) in [6, 6.07) is 0.396. The van der Waals surface area contributed by atoms with Crippen molar-refractivity contribution in [3.8, 4) is 0 Å². The molecule has 3 nitrogen and oxygen atoms in total. The van der Waals surface area contributed by atoms with Crippen molar-refractivity contribution in [2.75, 3.05) is 7.05 Å². The molecule has 16 heavy (non-hydrogen) atoms. The Balaban J connectivity index is 3.20. The van der Waals surface area contributed by atoms with Crippen LogP contribution in [0.15, 0.2) is 0 Å². The number of hydrogen-bond donors (Lipinski definition) is 1. The van der Waals surface area contributed by atoms with E-state index in [2.05, 4.69) is 46.6 Å². The van der Waals surface area contributed by atoms with Gasteiger partial charge in [0, 0.05) is 6.04 Å². The van der Waals surface area contributed by atoms with Gasteiger partial charge in [-0.3, -0.25) is 4.90 Å². The first-order valence-corrected chi connectivity index (χ1v) is 6.68. The quantitative estimate of drug-likeness (QED) is 0.801. The van der Waals surface area contributed by atoms with Gasteiger partial charge in [-0.25, -0.2) is 0 Å². The Hall–Kier alpha value is -0.120. The average Bonchev–Trinajstić information content (AvgIpc) is 2.47. The molecule has 3 heteroatoms. The Morgan fingerprint density at radius 2 is 1.44 bits per heavy atom. The van der Waals surface area contributed by atoms with E-state index in [4.69, 9.17) is 0 Å². The highest BCUT2D eigenvalue weighted by Crippen LogP contribution is 2.46. The van der Waals surface area contributed by atoms with Gasteiger partial charge < -0.3 is 5.21 Å². The zero-order chi connectivity index (χ0) is 12.6. The van der Waals surface area contributed by atoms with Crippen LogP contribution in [0.1, 0.15) is 60.3 Å². The second-order valence-corrected chi connectivity index (χ2v) is 5.10. The highest BCUT2D eigenvalue weighted by atomic mass is 16.5. The first-order valence-electron chi connectivity index (χ1n) is 6.68. The zero-order valence-corrected chi connectivity index (χ0v) is 11.7. The minimum atomic E-state index is -0.175. The molecule has 0 saturated carbocycles. The summed E-state index contributed by atoms with van der Waals surface area (Å²) in [5.74, 6) is 0. The van der Waals surface area contributed by atoms with Crippen LogP contribution < -0.4 is 0 Å². The molecule has 0 amide bonds. The SMILES string of the molecule is CCC1(CC)C(C)N(C)C(CC)(CC)N1O. The largest absolute Gasteiger partial charge is 0.312 e. The predicted molar refractivity (Wildman–Crippen MR) is 67.5 cm³/mol. The van der Waals surface area contributed by atoms with Crippen molar-refractivity contribution < 1.29 is 5.21 Å². The molecule has 1 atom stereocenters. The monoisotopic (exact) mass is 228 g/mol. The molecular formula is C13H28N2O. The molecular weight excluding hydrogens is 200 g/mol. The Labute approximate surface area is 100 Å². The lowest BCUT2D eigenvalue weighted by atomic mass is 9.86. The summed E-state index contributed by atoms with van der Waals surface area (Å²) in [5.41, 5.74) is -0.258. The van der Waals surface area contributed by atoms with Gasteiger partial charge in [0.25, 0.3) is 0 Å². The second kappa shape index (κ2) is 4.63. The van der Waals surface area contributed by atoms with Crippen molar-refractivity contribution >= 4 is 0 Å². The molecule has 0 spiro atoms. The fourth-order valence-corrected chi connectivity index (χ4v) is 3.65. The van der Waals surface area contributed by atoms with Crippen molar-refractivity contribution in [3.63, 3.8) is 0 Å². The summed E-state index contributed by atoms with van der Waals surface area (Å²) in [6.45, 7) is 10.9. The minimum Gasteiger partial charge on any atom is -0.312 e. The van der Waals surface area contributed by atoms with E-state index in [1.807, 2.05) is 0 Å². The first kappa shape index (κ1) is 13.9. The van der Waals surface area contributed by atoms with E-state index in [0.717, 1.165) is 25.7 Å². The molecule has 1 saturated heterocycles. The van der Waals surface area contributed by atoms with Crippen LogP contribution in [-0.2, 0) is 0 Å². The van der Waals surface area contributed by atoms with Crippen LogP contribution in [0.2, 0.25) is 0 Å². The molecule has 1 rings (SSSR count). The van der Waals surface area contributed by atoms with Crippen molar-refractivity contribution in [2.24, 2.45) is 0 Å². The standard InChI is InChI=1S/C13H28N2O/c1-7-12(8-2)11(5)14(6)13(9-3,10-4)15(12)16/h11,16H,7-10H2,1-6H3. The summed E-state index contributed by atoms with van der Waals surface area (Å²) in [6.07, 6.45) is 3.91. The van der Waals surface area contributed by atoms with Crippen LogP contribution in [0.25, 0.3) is 0 Å². The average molecular weight is 228 g/mol. The smallest absolute Gasteiger partial charge is 0.0977 e. The summed E-state index contributed by atoms with van der Waals surface area (Å²) >= 11 is 0. The van der Waals surface area contributed by atoms with Gasteiger partial charge in [0.15, 0.2) is 0 Å². The van der Waals surface area contributed by atoms with Crippen molar-refractivity contribution in [3.05, 3.63) is 0 Å². The third-order valence-electron chi connectivity index (χ3n) is 5.19. The Bertz CT molecular complexity index is 210. The number of hydroxylamine groups is 2. The Morgan fingerprint density at radius 3 is 1.62 bits per heavy atom. The summed E-state index contributed by atoms with van der Waals surface area (Å²) in [7, 11) is 2.15. The maximum Gasteiger partial charge on any atom is 0.0977 e. The molecule has 0 bridgehead atoms. The third-order valence-corrected chi connectivity index (χ3v) is 5.19. The van der Waals surface area contributed by atoms with Crippen molar-refractivity contribution in [1.82, 2.24) is 9.96 Å². The lowest BCUT2D eigenvalue weighted by molar-refractivity contribution is -0.232. The third kappa shape index (κ3) is 1.45. The molecule has 0 aromatic rings. The van der Waals surface area contributed by atoms with Gasteiger partial charge in [0.1, 0.15) is 0 Å². The van der Waals surface area contributed by atoms with Gasteiger partial charge >= 0.3 is 0 Å². The van der Waals surface area contributed by atoms with Gasteiger partial charge in [-0.1, -0.05) is 27.7 Å². The molecule has 0 radical (unpaired) electrons. The number of rotatable bonds is 4. The molecule has 0 aromatic heterocycles. The highest BCUT2D eigenvalue weighted by Gasteiger charge is 2.58. The summed E-state index contributed by atoms with van der Waals surface area (Å²) < 4.78 is 0. The van der Waals surface area contributed by atoms with Gasteiger partial charge in [-0.2, -0.15) is 5.06 Å². The molecule has 1 aliphatic heterocycles. The molecule has 0 aliphatic carbocycles. The second-order valence-electron chi connectivity index (χ2n) is 5.10. The fraction of sp³-hybridized carbons (Fsp3) is 1.00. The van der Waals surface area contributed by atoms with Crippen LogP contribution in [0.3, 0.4) is 0 Å². The summed E-state index contributed by atoms with van der Waals surface area (Å²) in [5, 5.41) is 12.4. The van der Waals surface area contributed by atoms with E-state index in [-0.39, 0.29) is 11.2 Å². The molecule has 1 aliphatic rings. The first-order chi connectivity index (χ1) is 7.46. The van der Waals surface area contributed by atoms with Gasteiger partial charge in [-0.15, -0.1) is 0 Å². The van der Waals surface area contributed by atoms with Gasteiger partial charge in [-0.05, 0) is 39.7 Å². The van der Waals surface area contributed by atoms with Crippen LogP contribution in [0.5, 0.6) is 0 Å². The predicted octanol–water partition coefficient (Wildman–Crippen LogP) is 3.09. The molecule has 1 unspecified atom stereocenters. The van der Waals surface area contributed by atoms with E-state index >= 15 is 0 Å². The fourth-order valence-electron chi connectivity index (χ4n) is 3.65. The lowest BCUT2D eigenvalue weighted by Gasteiger charge is -2.42. The van der Waals surface area contributed by atoms with Crippen LogP contribution in [0, 0.1) is 0 Å². The summed E-state index contributed by atoms with van der Waals surface area (Å²) in [4.78, 5) is 2.36. The maximum absolute atomic E-state index is 10.7. The van der Waals surface area contributed by atoms with Gasteiger partial charge in [0.2, 0.25) is 0 Å². The Kier molecular flexibility index (Phi) is 4.04. The number of likely N-dealkylation sites (N-methyl/N-ethyl adjacent to an activating group) is 1. The molecule has 1 N–H and O–H groups in total. The zero-order valence-electron chi connectivity index (χ0n) is 11.7. The lowest BCUT2D eigenvalue weighted by Crippen LogP contribution is -2.54. The molecule has 96 valence electrons. The molecule has 1 fully saturated rings. The number of nitrogens with zero attached hydrogens (tertiary/aromatic N) is 2. The normalized spacial score (nSPS) is 29.8. The highest BCUT2D eigenvalue weighted by molar-refractivity contribution is 5.08. The van der Waals surface area contributed by atoms with Crippen LogP contribution in [-0.4, -0.2) is 39.5 Å².